The second-order valence-electron chi connectivity index (χ2n) is 5.92. The van der Waals surface area contributed by atoms with E-state index in [4.69, 9.17) is 0 Å². The molecule has 2 nitrogen and oxygen atoms in total. The molecule has 0 unspecified atom stereocenters. The van der Waals surface area contributed by atoms with Crippen LogP contribution in [-0.4, -0.2) is 36.6 Å². The first-order valence-electron chi connectivity index (χ1n) is 6.78. The predicted molar refractivity (Wildman–Crippen MR) is 62.9 cm³/mol. The van der Waals surface area contributed by atoms with Crippen molar-refractivity contribution in [2.45, 2.75) is 63.1 Å². The molecule has 2 aliphatic heterocycles. The minimum Gasteiger partial charge on any atom is -0.314 e. The van der Waals surface area contributed by atoms with Crippen LogP contribution in [0, 0.1) is 5.92 Å². The molecule has 0 aromatic carbocycles. The number of nitrogens with one attached hydrogen (secondary N) is 1. The second-order valence-corrected chi connectivity index (χ2v) is 5.92. The third-order valence-electron chi connectivity index (χ3n) is 4.73. The lowest BCUT2D eigenvalue weighted by Crippen LogP contribution is -2.54. The van der Waals surface area contributed by atoms with Crippen molar-refractivity contribution in [2.75, 3.05) is 13.6 Å². The van der Waals surface area contributed by atoms with Crippen molar-refractivity contribution in [3.8, 4) is 0 Å². The summed E-state index contributed by atoms with van der Waals surface area (Å²) in [7, 11) is 2.34. The Kier molecular flexibility index (Phi) is 2.73. The summed E-state index contributed by atoms with van der Waals surface area (Å²) in [6, 6.07) is 2.60. The summed E-state index contributed by atoms with van der Waals surface area (Å²) in [6.45, 7) is 1.30. The normalized spacial score (nSPS) is 41.8. The van der Waals surface area contributed by atoms with Crippen LogP contribution in [-0.2, 0) is 0 Å². The Bertz CT molecular complexity index is 211. The molecule has 0 aromatic heterocycles. The van der Waals surface area contributed by atoms with E-state index in [9.17, 15) is 0 Å². The molecule has 1 N–H and O–H groups in total. The van der Waals surface area contributed by atoms with Crippen molar-refractivity contribution in [1.82, 2.24) is 10.2 Å². The molecule has 1 saturated carbocycles. The fourth-order valence-corrected chi connectivity index (χ4v) is 3.44. The standard InChI is InChI=1S/C13H24N2/c1-15-12-3-2-4-13(15)8-11(7-12)14-9-10-5-6-10/h10-14H,2-9H2,1H3/t12-,13-/m0/s1. The first kappa shape index (κ1) is 10.1. The first-order chi connectivity index (χ1) is 7.33. The lowest BCUT2D eigenvalue weighted by atomic mass is 9.82. The predicted octanol–water partition coefficient (Wildman–Crippen LogP) is 2.00. The monoisotopic (exact) mass is 208 g/mol. The van der Waals surface area contributed by atoms with E-state index < -0.39 is 0 Å². The molecule has 3 fully saturated rings. The third-order valence-corrected chi connectivity index (χ3v) is 4.73. The highest BCUT2D eigenvalue weighted by Gasteiger charge is 2.36. The number of hydrogen-bond donors (Lipinski definition) is 1. The highest BCUT2D eigenvalue weighted by Crippen LogP contribution is 2.33. The van der Waals surface area contributed by atoms with Gasteiger partial charge in [0.1, 0.15) is 0 Å². The van der Waals surface area contributed by atoms with Gasteiger partial charge in [0.2, 0.25) is 0 Å². The number of nitrogens with zero attached hydrogens (tertiary/aromatic N) is 1. The topological polar surface area (TPSA) is 15.3 Å². The average molecular weight is 208 g/mol. The molecular weight excluding hydrogens is 184 g/mol. The van der Waals surface area contributed by atoms with Gasteiger partial charge in [0.25, 0.3) is 0 Å². The van der Waals surface area contributed by atoms with Crippen LogP contribution in [0.15, 0.2) is 0 Å². The van der Waals surface area contributed by atoms with E-state index in [1.807, 2.05) is 0 Å². The lowest BCUT2D eigenvalue weighted by Gasteiger charge is -2.47. The summed E-state index contributed by atoms with van der Waals surface area (Å²) in [5.41, 5.74) is 0. The SMILES string of the molecule is CN1[C@H]2CCC[C@H]1CC(NCC1CC1)C2. The average Bonchev–Trinajstić information content (AvgIpc) is 2.99. The van der Waals surface area contributed by atoms with Gasteiger partial charge in [-0.3, -0.25) is 0 Å². The maximum Gasteiger partial charge on any atom is 0.0110 e. The summed E-state index contributed by atoms with van der Waals surface area (Å²) in [5, 5.41) is 3.81. The van der Waals surface area contributed by atoms with Crippen LogP contribution in [0.2, 0.25) is 0 Å². The van der Waals surface area contributed by atoms with Crippen molar-refractivity contribution in [3.05, 3.63) is 0 Å². The third kappa shape index (κ3) is 2.21. The highest BCUT2D eigenvalue weighted by atomic mass is 15.2. The maximum absolute atomic E-state index is 3.81. The summed E-state index contributed by atoms with van der Waals surface area (Å²) in [4.78, 5) is 2.65. The Hall–Kier alpha value is -0.0800. The smallest absolute Gasteiger partial charge is 0.0110 e. The largest absolute Gasteiger partial charge is 0.314 e. The van der Waals surface area contributed by atoms with Crippen LogP contribution in [0.5, 0.6) is 0 Å². The minimum absolute atomic E-state index is 0.831. The zero-order chi connectivity index (χ0) is 10.3. The fraction of sp³-hybridized carbons (Fsp3) is 1.00. The van der Waals surface area contributed by atoms with Crippen LogP contribution in [0.1, 0.15) is 44.9 Å². The Morgan fingerprint density at radius 1 is 1.07 bits per heavy atom. The Balaban J connectivity index is 1.53. The summed E-state index contributed by atoms with van der Waals surface area (Å²) in [6.07, 6.45) is 10.1. The van der Waals surface area contributed by atoms with Gasteiger partial charge in [0.15, 0.2) is 0 Å². The van der Waals surface area contributed by atoms with Gasteiger partial charge < -0.3 is 10.2 Å². The van der Waals surface area contributed by atoms with Gasteiger partial charge >= 0.3 is 0 Å². The van der Waals surface area contributed by atoms with E-state index in [-0.39, 0.29) is 0 Å². The second kappa shape index (κ2) is 4.06. The quantitative estimate of drug-likeness (QED) is 0.763. The van der Waals surface area contributed by atoms with E-state index in [0.29, 0.717) is 0 Å². The van der Waals surface area contributed by atoms with E-state index in [2.05, 4.69) is 17.3 Å². The van der Waals surface area contributed by atoms with Crippen molar-refractivity contribution >= 4 is 0 Å². The summed E-state index contributed by atoms with van der Waals surface area (Å²) < 4.78 is 0. The molecule has 2 heteroatoms. The number of hydrogen-bond acceptors (Lipinski definition) is 2. The molecule has 0 aromatic rings. The number of piperidine rings is 2. The van der Waals surface area contributed by atoms with Gasteiger partial charge in [0, 0.05) is 18.1 Å². The fourth-order valence-electron chi connectivity index (χ4n) is 3.44. The van der Waals surface area contributed by atoms with Gasteiger partial charge in [-0.2, -0.15) is 0 Å². The van der Waals surface area contributed by atoms with Crippen molar-refractivity contribution in [1.29, 1.82) is 0 Å². The number of fused-ring (bicyclic) bond motifs is 2. The van der Waals surface area contributed by atoms with Crippen LogP contribution in [0.3, 0.4) is 0 Å². The summed E-state index contributed by atoms with van der Waals surface area (Å²) >= 11 is 0. The Morgan fingerprint density at radius 3 is 2.33 bits per heavy atom. The molecule has 2 saturated heterocycles. The lowest BCUT2D eigenvalue weighted by molar-refractivity contribution is 0.0484. The number of rotatable bonds is 3. The molecule has 86 valence electrons. The van der Waals surface area contributed by atoms with Gasteiger partial charge in [-0.15, -0.1) is 0 Å². The van der Waals surface area contributed by atoms with Crippen molar-refractivity contribution < 1.29 is 0 Å². The maximum atomic E-state index is 3.81. The van der Waals surface area contributed by atoms with E-state index >= 15 is 0 Å². The van der Waals surface area contributed by atoms with Crippen LogP contribution >= 0.6 is 0 Å². The molecule has 2 bridgehead atoms. The van der Waals surface area contributed by atoms with Crippen LogP contribution < -0.4 is 5.32 Å². The Labute approximate surface area is 93.4 Å². The van der Waals surface area contributed by atoms with Crippen LogP contribution in [0.4, 0.5) is 0 Å². The highest BCUT2D eigenvalue weighted by molar-refractivity contribution is 4.94. The van der Waals surface area contributed by atoms with E-state index in [0.717, 1.165) is 24.0 Å². The van der Waals surface area contributed by atoms with Gasteiger partial charge in [-0.1, -0.05) is 6.42 Å². The zero-order valence-corrected chi connectivity index (χ0v) is 9.91. The van der Waals surface area contributed by atoms with E-state index in [1.54, 1.807) is 0 Å². The van der Waals surface area contributed by atoms with Gasteiger partial charge in [0.05, 0.1) is 0 Å². The molecule has 2 heterocycles. The molecule has 3 rings (SSSR count). The van der Waals surface area contributed by atoms with Gasteiger partial charge in [-0.05, 0) is 58.0 Å². The molecule has 0 spiro atoms. The first-order valence-corrected chi connectivity index (χ1v) is 6.78. The molecule has 2 atom stereocenters. The minimum atomic E-state index is 0.831. The molecule has 1 aliphatic carbocycles. The van der Waals surface area contributed by atoms with Crippen LogP contribution in [0.25, 0.3) is 0 Å². The summed E-state index contributed by atoms with van der Waals surface area (Å²) in [5.74, 6) is 1.03. The van der Waals surface area contributed by atoms with Crippen molar-refractivity contribution in [2.24, 2.45) is 5.92 Å². The molecule has 0 amide bonds. The van der Waals surface area contributed by atoms with Gasteiger partial charge in [-0.25, -0.2) is 0 Å². The zero-order valence-electron chi connectivity index (χ0n) is 9.91. The molecule has 0 radical (unpaired) electrons. The molecular formula is C13H24N2. The van der Waals surface area contributed by atoms with Crippen molar-refractivity contribution in [3.63, 3.8) is 0 Å². The molecule has 3 aliphatic rings. The Morgan fingerprint density at radius 2 is 1.73 bits per heavy atom. The molecule has 15 heavy (non-hydrogen) atoms. The van der Waals surface area contributed by atoms with E-state index in [1.165, 1.54) is 51.5 Å².